The molecule has 16 heavy (non-hydrogen) atoms. The Labute approximate surface area is 90.6 Å². The van der Waals surface area contributed by atoms with Crippen LogP contribution in [0.4, 0.5) is 0 Å². The molecule has 0 radical (unpaired) electrons. The van der Waals surface area contributed by atoms with E-state index in [0.717, 1.165) is 6.08 Å². The Morgan fingerprint density at radius 2 is 2.00 bits per heavy atom. The Morgan fingerprint density at radius 1 is 1.25 bits per heavy atom. The fraction of sp³-hybridized carbons (Fsp3) is 0. The third kappa shape index (κ3) is 1.83. The molecule has 80 valence electrons. The van der Waals surface area contributed by atoms with E-state index < -0.39 is 11.9 Å². The van der Waals surface area contributed by atoms with Crippen LogP contribution in [0.5, 0.6) is 0 Å². The zero-order chi connectivity index (χ0) is 11.5. The Bertz CT molecular complexity index is 584. The number of aliphatic carboxylic acids is 1. The van der Waals surface area contributed by atoms with Crippen molar-refractivity contribution in [1.29, 1.82) is 0 Å². The van der Waals surface area contributed by atoms with E-state index in [2.05, 4.69) is 4.98 Å². The van der Waals surface area contributed by atoms with Crippen molar-refractivity contribution in [2.75, 3.05) is 0 Å². The number of para-hydroxylation sites is 2. The lowest BCUT2D eigenvalue weighted by Crippen LogP contribution is -2.19. The van der Waals surface area contributed by atoms with Crippen molar-refractivity contribution in [2.45, 2.75) is 0 Å². The molecule has 0 aliphatic rings. The summed E-state index contributed by atoms with van der Waals surface area (Å²) in [4.78, 5) is 25.7. The standard InChI is InChI=1S/C11H8N2O3/c14-10(5-6-11(15)16)13-7-12-8-3-1-2-4-9(8)13/h1-7H,(H,15,16)/p-1/b6-5+. The van der Waals surface area contributed by atoms with Crippen LogP contribution < -0.4 is 5.11 Å². The Hall–Kier alpha value is -2.43. The molecule has 0 N–H and O–H groups in total. The predicted molar refractivity (Wildman–Crippen MR) is 54.5 cm³/mol. The van der Waals surface area contributed by atoms with Gasteiger partial charge in [-0.15, -0.1) is 0 Å². The Balaban J connectivity index is 2.40. The number of allylic oxidation sites excluding steroid dienone is 1. The highest BCUT2D eigenvalue weighted by molar-refractivity contribution is 5.99. The topological polar surface area (TPSA) is 75.0 Å². The Kier molecular flexibility index (Phi) is 2.51. The van der Waals surface area contributed by atoms with Crippen LogP contribution >= 0.6 is 0 Å². The first-order chi connectivity index (χ1) is 7.68. The molecule has 0 atom stereocenters. The normalized spacial score (nSPS) is 11.0. The number of benzene rings is 1. The summed E-state index contributed by atoms with van der Waals surface area (Å²) in [6, 6.07) is 7.08. The summed E-state index contributed by atoms with van der Waals surface area (Å²) in [5, 5.41) is 10.2. The van der Waals surface area contributed by atoms with E-state index in [4.69, 9.17) is 0 Å². The molecule has 1 aromatic heterocycles. The van der Waals surface area contributed by atoms with Crippen LogP contribution in [-0.4, -0.2) is 21.4 Å². The number of carbonyl (C=O) groups is 2. The summed E-state index contributed by atoms with van der Waals surface area (Å²) < 4.78 is 1.27. The van der Waals surface area contributed by atoms with E-state index in [1.54, 1.807) is 24.3 Å². The molecule has 0 spiro atoms. The second-order valence-corrected chi connectivity index (χ2v) is 3.09. The van der Waals surface area contributed by atoms with Gasteiger partial charge in [0.15, 0.2) is 0 Å². The van der Waals surface area contributed by atoms with Gasteiger partial charge in [0, 0.05) is 6.08 Å². The molecule has 2 rings (SSSR count). The molecular weight excluding hydrogens is 208 g/mol. The first-order valence-electron chi connectivity index (χ1n) is 4.54. The van der Waals surface area contributed by atoms with Gasteiger partial charge in [-0.2, -0.15) is 0 Å². The van der Waals surface area contributed by atoms with Gasteiger partial charge in [-0.05, 0) is 18.2 Å². The van der Waals surface area contributed by atoms with Gasteiger partial charge >= 0.3 is 0 Å². The predicted octanol–water partition coefficient (Wildman–Crippen LogP) is -0.0174. The molecule has 1 aromatic carbocycles. The molecule has 1 heterocycles. The van der Waals surface area contributed by atoms with Crippen molar-refractivity contribution in [3.8, 4) is 0 Å². The summed E-state index contributed by atoms with van der Waals surface area (Å²) >= 11 is 0. The third-order valence-electron chi connectivity index (χ3n) is 2.05. The molecule has 0 unspecified atom stereocenters. The molecule has 0 bridgehead atoms. The summed E-state index contributed by atoms with van der Waals surface area (Å²) in [6.45, 7) is 0. The van der Waals surface area contributed by atoms with Crippen LogP contribution in [0.25, 0.3) is 11.0 Å². The monoisotopic (exact) mass is 215 g/mol. The van der Waals surface area contributed by atoms with Gasteiger partial charge in [0.25, 0.3) is 5.91 Å². The molecule has 0 fully saturated rings. The average Bonchev–Trinajstić information content (AvgIpc) is 2.69. The third-order valence-corrected chi connectivity index (χ3v) is 2.05. The van der Waals surface area contributed by atoms with Crippen molar-refractivity contribution >= 4 is 22.9 Å². The van der Waals surface area contributed by atoms with Crippen molar-refractivity contribution in [3.63, 3.8) is 0 Å². The zero-order valence-electron chi connectivity index (χ0n) is 8.16. The highest BCUT2D eigenvalue weighted by Crippen LogP contribution is 2.11. The van der Waals surface area contributed by atoms with Crippen LogP contribution in [0.15, 0.2) is 42.7 Å². The van der Waals surface area contributed by atoms with E-state index in [1.807, 2.05) is 0 Å². The minimum atomic E-state index is -1.40. The average molecular weight is 215 g/mol. The minimum absolute atomic E-state index is 0.474. The summed E-state index contributed by atoms with van der Waals surface area (Å²) in [6.07, 6.45) is 2.98. The van der Waals surface area contributed by atoms with Crippen molar-refractivity contribution in [2.24, 2.45) is 0 Å². The number of imidazole rings is 1. The number of carbonyl (C=O) groups excluding carboxylic acids is 2. The van der Waals surface area contributed by atoms with Crippen LogP contribution in [0, 0.1) is 0 Å². The number of hydrogen-bond acceptors (Lipinski definition) is 4. The van der Waals surface area contributed by atoms with Gasteiger partial charge in [0.2, 0.25) is 0 Å². The van der Waals surface area contributed by atoms with Crippen molar-refractivity contribution in [1.82, 2.24) is 9.55 Å². The lowest BCUT2D eigenvalue weighted by Gasteiger charge is -1.97. The van der Waals surface area contributed by atoms with E-state index in [0.29, 0.717) is 17.1 Å². The molecule has 0 aliphatic heterocycles. The summed E-state index contributed by atoms with van der Waals surface area (Å²) in [5.41, 5.74) is 1.31. The largest absolute Gasteiger partial charge is 0.545 e. The molecule has 0 aliphatic carbocycles. The maximum Gasteiger partial charge on any atom is 0.256 e. The molecular formula is C11H7N2O3-. The van der Waals surface area contributed by atoms with Gasteiger partial charge in [0.1, 0.15) is 6.33 Å². The van der Waals surface area contributed by atoms with Crippen molar-refractivity contribution < 1.29 is 14.7 Å². The molecule has 0 amide bonds. The molecule has 5 nitrogen and oxygen atoms in total. The van der Waals surface area contributed by atoms with Crippen LogP contribution in [0.1, 0.15) is 4.79 Å². The first-order valence-corrected chi connectivity index (χ1v) is 4.54. The molecule has 2 aromatic rings. The van der Waals surface area contributed by atoms with Gasteiger partial charge < -0.3 is 9.90 Å². The van der Waals surface area contributed by atoms with E-state index in [9.17, 15) is 14.7 Å². The highest BCUT2D eigenvalue weighted by Gasteiger charge is 2.05. The maximum absolute atomic E-state index is 11.6. The number of hydrogen-bond donors (Lipinski definition) is 0. The van der Waals surface area contributed by atoms with Gasteiger partial charge in [-0.25, -0.2) is 4.98 Å². The van der Waals surface area contributed by atoms with E-state index in [1.165, 1.54) is 10.9 Å². The smallest absolute Gasteiger partial charge is 0.256 e. The second kappa shape index (κ2) is 3.98. The zero-order valence-corrected chi connectivity index (χ0v) is 8.16. The molecule has 0 saturated heterocycles. The fourth-order valence-corrected chi connectivity index (χ4v) is 1.35. The SMILES string of the molecule is O=C([O-])/C=C/C(=O)n1cnc2ccccc21. The van der Waals surface area contributed by atoms with Gasteiger partial charge in [-0.3, -0.25) is 9.36 Å². The summed E-state index contributed by atoms with van der Waals surface area (Å²) in [7, 11) is 0. The molecule has 5 heteroatoms. The maximum atomic E-state index is 11.6. The van der Waals surface area contributed by atoms with Gasteiger partial charge in [0.05, 0.1) is 17.0 Å². The fourth-order valence-electron chi connectivity index (χ4n) is 1.35. The lowest BCUT2D eigenvalue weighted by molar-refractivity contribution is -0.297. The van der Waals surface area contributed by atoms with Crippen LogP contribution in [-0.2, 0) is 4.79 Å². The highest BCUT2D eigenvalue weighted by atomic mass is 16.4. The van der Waals surface area contributed by atoms with Gasteiger partial charge in [-0.1, -0.05) is 12.1 Å². The minimum Gasteiger partial charge on any atom is -0.545 e. The van der Waals surface area contributed by atoms with E-state index >= 15 is 0 Å². The van der Waals surface area contributed by atoms with Crippen LogP contribution in [0.2, 0.25) is 0 Å². The number of nitrogens with zero attached hydrogens (tertiary/aromatic N) is 2. The van der Waals surface area contributed by atoms with Crippen molar-refractivity contribution in [3.05, 3.63) is 42.7 Å². The number of aromatic nitrogens is 2. The first kappa shape index (κ1) is 10.1. The lowest BCUT2D eigenvalue weighted by atomic mass is 10.3. The summed E-state index contributed by atoms with van der Waals surface area (Å²) in [5.74, 6) is -1.88. The number of carboxylic acid groups (broad SMARTS) is 1. The van der Waals surface area contributed by atoms with Crippen LogP contribution in [0.3, 0.4) is 0 Å². The number of rotatable bonds is 2. The van der Waals surface area contributed by atoms with E-state index in [-0.39, 0.29) is 0 Å². The quantitative estimate of drug-likeness (QED) is 0.660. The molecule has 0 saturated carbocycles. The number of fused-ring (bicyclic) bond motifs is 1. The second-order valence-electron chi connectivity index (χ2n) is 3.09. The Morgan fingerprint density at radius 3 is 2.75 bits per heavy atom. The number of carboxylic acids is 1.